The van der Waals surface area contributed by atoms with E-state index in [1.165, 1.54) is 0 Å². The second-order valence-corrected chi connectivity index (χ2v) is 4.13. The molecule has 0 spiro atoms. The second kappa shape index (κ2) is 6.00. The van der Waals surface area contributed by atoms with E-state index < -0.39 is 0 Å². The molecule has 1 N–H and O–H groups in total. The first-order valence-corrected chi connectivity index (χ1v) is 6.15. The summed E-state index contributed by atoms with van der Waals surface area (Å²) >= 11 is 0. The first-order valence-electron chi connectivity index (χ1n) is 6.15. The van der Waals surface area contributed by atoms with Gasteiger partial charge in [0.2, 0.25) is 5.91 Å². The number of anilines is 1. The van der Waals surface area contributed by atoms with Gasteiger partial charge in [0.1, 0.15) is 0 Å². The molecular weight excluding hydrogens is 226 g/mol. The number of benzene rings is 1. The molecule has 0 fully saturated rings. The molecule has 4 nitrogen and oxygen atoms in total. The molecule has 1 amide bonds. The van der Waals surface area contributed by atoms with Crippen LogP contribution >= 0.6 is 0 Å². The summed E-state index contributed by atoms with van der Waals surface area (Å²) in [5, 5.41) is 8.97. The Hall–Kier alpha value is -2.10. The first kappa shape index (κ1) is 12.4. The minimum absolute atomic E-state index is 0.0618. The Morgan fingerprint density at radius 2 is 2.17 bits per heavy atom. The number of hydrogen-bond donors (Lipinski definition) is 1. The van der Waals surface area contributed by atoms with Crippen LogP contribution in [0.3, 0.4) is 0 Å². The molecule has 4 heteroatoms. The van der Waals surface area contributed by atoms with E-state index in [1.807, 2.05) is 49.5 Å². The molecule has 1 aromatic rings. The summed E-state index contributed by atoms with van der Waals surface area (Å²) in [5.74, 6) is 0.0618. The third-order valence-electron chi connectivity index (χ3n) is 2.61. The third kappa shape index (κ3) is 3.20. The molecule has 1 aliphatic rings. The predicted octanol–water partition coefficient (Wildman–Crippen LogP) is 2.29. The summed E-state index contributed by atoms with van der Waals surface area (Å²) in [6, 6.07) is 9.76. The SMILES string of the molecule is CCCC(=O)NC1C=CN(c2ccccc2)N=C1. The molecular formula is C14H17N3O. The van der Waals surface area contributed by atoms with Gasteiger partial charge in [0, 0.05) is 12.6 Å². The number of carbonyl (C=O) groups is 1. The maximum absolute atomic E-state index is 11.4. The van der Waals surface area contributed by atoms with Crippen LogP contribution in [-0.2, 0) is 4.79 Å². The molecule has 0 saturated heterocycles. The topological polar surface area (TPSA) is 44.7 Å². The van der Waals surface area contributed by atoms with Gasteiger partial charge in [-0.25, -0.2) is 5.01 Å². The summed E-state index contributed by atoms with van der Waals surface area (Å²) in [7, 11) is 0. The van der Waals surface area contributed by atoms with Crippen LogP contribution in [0.1, 0.15) is 19.8 Å². The van der Waals surface area contributed by atoms with Crippen LogP contribution in [0.15, 0.2) is 47.7 Å². The van der Waals surface area contributed by atoms with E-state index >= 15 is 0 Å². The Morgan fingerprint density at radius 3 is 2.78 bits per heavy atom. The van der Waals surface area contributed by atoms with Crippen molar-refractivity contribution in [2.24, 2.45) is 5.10 Å². The fourth-order valence-electron chi connectivity index (χ4n) is 1.71. The number of rotatable bonds is 4. The van der Waals surface area contributed by atoms with E-state index in [9.17, 15) is 4.79 Å². The zero-order valence-electron chi connectivity index (χ0n) is 10.4. The summed E-state index contributed by atoms with van der Waals surface area (Å²) in [4.78, 5) is 11.4. The number of nitrogens with zero attached hydrogens (tertiary/aromatic N) is 2. The maximum atomic E-state index is 11.4. The van der Waals surface area contributed by atoms with Gasteiger partial charge in [-0.2, -0.15) is 5.10 Å². The van der Waals surface area contributed by atoms with E-state index in [0.717, 1.165) is 12.1 Å². The zero-order chi connectivity index (χ0) is 12.8. The Labute approximate surface area is 107 Å². The average Bonchev–Trinajstić information content (AvgIpc) is 2.41. The van der Waals surface area contributed by atoms with E-state index in [4.69, 9.17) is 0 Å². The van der Waals surface area contributed by atoms with E-state index in [2.05, 4.69) is 10.4 Å². The van der Waals surface area contributed by atoms with Gasteiger partial charge in [0.05, 0.1) is 17.9 Å². The van der Waals surface area contributed by atoms with Crippen molar-refractivity contribution in [2.75, 3.05) is 5.01 Å². The van der Waals surface area contributed by atoms with Crippen molar-refractivity contribution in [1.82, 2.24) is 5.32 Å². The van der Waals surface area contributed by atoms with Crippen LogP contribution in [0.4, 0.5) is 5.69 Å². The number of para-hydroxylation sites is 1. The van der Waals surface area contributed by atoms with Crippen LogP contribution in [0.25, 0.3) is 0 Å². The summed E-state index contributed by atoms with van der Waals surface area (Å²) in [6.07, 6.45) is 6.94. The highest BCUT2D eigenvalue weighted by Gasteiger charge is 2.11. The Kier molecular flexibility index (Phi) is 4.12. The molecule has 0 aliphatic carbocycles. The Balaban J connectivity index is 1.93. The van der Waals surface area contributed by atoms with Crippen LogP contribution in [0.5, 0.6) is 0 Å². The van der Waals surface area contributed by atoms with E-state index in [1.54, 1.807) is 11.2 Å². The van der Waals surface area contributed by atoms with Gasteiger partial charge < -0.3 is 5.32 Å². The predicted molar refractivity (Wildman–Crippen MR) is 73.4 cm³/mol. The summed E-state index contributed by atoms with van der Waals surface area (Å²) in [6.45, 7) is 1.99. The molecule has 0 saturated carbocycles. The summed E-state index contributed by atoms with van der Waals surface area (Å²) in [5.41, 5.74) is 1.00. The van der Waals surface area contributed by atoms with E-state index in [0.29, 0.717) is 6.42 Å². The normalized spacial score (nSPS) is 17.8. The molecule has 1 unspecified atom stereocenters. The van der Waals surface area contributed by atoms with E-state index in [-0.39, 0.29) is 11.9 Å². The number of hydrogen-bond acceptors (Lipinski definition) is 3. The maximum Gasteiger partial charge on any atom is 0.220 e. The van der Waals surface area contributed by atoms with Crippen LogP contribution in [0, 0.1) is 0 Å². The van der Waals surface area contributed by atoms with Crippen molar-refractivity contribution in [2.45, 2.75) is 25.8 Å². The average molecular weight is 243 g/mol. The van der Waals surface area contributed by atoms with Crippen LogP contribution in [0.2, 0.25) is 0 Å². The molecule has 18 heavy (non-hydrogen) atoms. The minimum atomic E-state index is -0.107. The second-order valence-electron chi connectivity index (χ2n) is 4.13. The highest BCUT2D eigenvalue weighted by Crippen LogP contribution is 2.15. The molecule has 1 atom stereocenters. The highest BCUT2D eigenvalue weighted by molar-refractivity contribution is 5.82. The molecule has 1 heterocycles. The van der Waals surface area contributed by atoms with Gasteiger partial charge in [-0.3, -0.25) is 4.79 Å². The van der Waals surface area contributed by atoms with Gasteiger partial charge in [-0.1, -0.05) is 25.1 Å². The largest absolute Gasteiger partial charge is 0.345 e. The van der Waals surface area contributed by atoms with Gasteiger partial charge in [-0.05, 0) is 24.6 Å². The van der Waals surface area contributed by atoms with Crippen molar-refractivity contribution >= 4 is 17.8 Å². The number of nitrogens with one attached hydrogen (secondary N) is 1. The Bertz CT molecular complexity index is 439. The number of hydrazone groups is 1. The van der Waals surface area contributed by atoms with Gasteiger partial charge in [0.25, 0.3) is 0 Å². The van der Waals surface area contributed by atoms with Crippen molar-refractivity contribution < 1.29 is 4.79 Å². The van der Waals surface area contributed by atoms with Crippen molar-refractivity contribution in [3.63, 3.8) is 0 Å². The molecule has 0 radical (unpaired) electrons. The Morgan fingerprint density at radius 1 is 1.39 bits per heavy atom. The fourth-order valence-corrected chi connectivity index (χ4v) is 1.71. The quantitative estimate of drug-likeness (QED) is 0.881. The minimum Gasteiger partial charge on any atom is -0.345 e. The molecule has 2 rings (SSSR count). The molecule has 1 aliphatic heterocycles. The van der Waals surface area contributed by atoms with Gasteiger partial charge in [0.15, 0.2) is 0 Å². The fraction of sp³-hybridized carbons (Fsp3) is 0.286. The van der Waals surface area contributed by atoms with Gasteiger partial charge in [-0.15, -0.1) is 0 Å². The lowest BCUT2D eigenvalue weighted by atomic mass is 10.2. The highest BCUT2D eigenvalue weighted by atomic mass is 16.1. The first-order chi connectivity index (χ1) is 8.79. The summed E-state index contributed by atoms with van der Waals surface area (Å²) < 4.78 is 0. The van der Waals surface area contributed by atoms with Crippen molar-refractivity contribution in [1.29, 1.82) is 0 Å². The van der Waals surface area contributed by atoms with Crippen LogP contribution < -0.4 is 10.3 Å². The van der Waals surface area contributed by atoms with Gasteiger partial charge >= 0.3 is 0 Å². The number of carbonyl (C=O) groups excluding carboxylic acids is 1. The lowest BCUT2D eigenvalue weighted by Crippen LogP contribution is -2.36. The smallest absolute Gasteiger partial charge is 0.220 e. The van der Waals surface area contributed by atoms with Crippen molar-refractivity contribution in [3.8, 4) is 0 Å². The van der Waals surface area contributed by atoms with Crippen LogP contribution in [-0.4, -0.2) is 18.2 Å². The third-order valence-corrected chi connectivity index (χ3v) is 2.61. The lowest BCUT2D eigenvalue weighted by Gasteiger charge is -2.20. The molecule has 0 bridgehead atoms. The zero-order valence-corrected chi connectivity index (χ0v) is 10.4. The number of amides is 1. The standard InChI is InChI=1S/C14H17N3O/c1-2-6-14(18)16-12-9-10-17(15-11-12)13-7-4-3-5-8-13/h3-5,7-12H,2,6H2,1H3,(H,16,18). The molecule has 94 valence electrons. The van der Waals surface area contributed by atoms with Crippen molar-refractivity contribution in [3.05, 3.63) is 42.6 Å². The molecule has 0 aromatic heterocycles. The molecule has 1 aromatic carbocycles. The monoisotopic (exact) mass is 243 g/mol. The lowest BCUT2D eigenvalue weighted by molar-refractivity contribution is -0.121.